The van der Waals surface area contributed by atoms with E-state index >= 15 is 0 Å². The van der Waals surface area contributed by atoms with Gasteiger partial charge < -0.3 is 0 Å². The number of nitrogens with zero attached hydrogens (tertiary/aromatic N) is 2. The molecule has 0 aliphatic heterocycles. The summed E-state index contributed by atoms with van der Waals surface area (Å²) in [6.07, 6.45) is 10.3. The zero-order valence-electron chi connectivity index (χ0n) is 15.7. The Labute approximate surface area is 166 Å². The molecule has 0 saturated heterocycles. The van der Waals surface area contributed by atoms with Gasteiger partial charge in [-0.2, -0.15) is 0 Å². The van der Waals surface area contributed by atoms with Crippen LogP contribution in [0.25, 0.3) is 22.4 Å². The Bertz CT molecular complexity index is 845. The van der Waals surface area contributed by atoms with E-state index in [1.165, 1.54) is 38.5 Å². The van der Waals surface area contributed by atoms with Crippen LogP contribution in [0, 0.1) is 5.92 Å². The molecule has 27 heavy (non-hydrogen) atoms. The summed E-state index contributed by atoms with van der Waals surface area (Å²) in [6.45, 7) is 0. The molecule has 0 unspecified atom stereocenters. The summed E-state index contributed by atoms with van der Waals surface area (Å²) in [4.78, 5) is 9.58. The highest BCUT2D eigenvalue weighted by Crippen LogP contribution is 2.34. The molecular weight excluding hydrogens is 348 g/mol. The minimum absolute atomic E-state index is 0.885. The van der Waals surface area contributed by atoms with Crippen molar-refractivity contribution in [3.63, 3.8) is 0 Å². The number of aromatic nitrogens is 2. The first-order chi connectivity index (χ1) is 13.4. The maximum absolute atomic E-state index is 4.93. The van der Waals surface area contributed by atoms with Gasteiger partial charge in [-0.3, -0.25) is 0 Å². The van der Waals surface area contributed by atoms with Crippen LogP contribution in [0.5, 0.6) is 0 Å². The van der Waals surface area contributed by atoms with E-state index in [1.807, 2.05) is 18.3 Å². The fourth-order valence-corrected chi connectivity index (χ4v) is 4.18. The number of hydrogen-bond donors (Lipinski definition) is 0. The van der Waals surface area contributed by atoms with Gasteiger partial charge in [0.1, 0.15) is 0 Å². The third-order valence-corrected chi connectivity index (χ3v) is 6.03. The molecule has 0 amide bonds. The predicted molar refractivity (Wildman–Crippen MR) is 115 cm³/mol. The molecular formula is C24H26N2S. The lowest BCUT2D eigenvalue weighted by Gasteiger charge is -2.11. The molecule has 0 bridgehead atoms. The molecule has 1 aliphatic rings. The third kappa shape index (κ3) is 5.20. The van der Waals surface area contributed by atoms with Crippen molar-refractivity contribution in [2.75, 3.05) is 5.75 Å². The highest BCUT2D eigenvalue weighted by atomic mass is 32.2. The van der Waals surface area contributed by atoms with Gasteiger partial charge >= 0.3 is 0 Å². The van der Waals surface area contributed by atoms with E-state index in [4.69, 9.17) is 4.98 Å². The molecule has 2 nitrogen and oxygen atoms in total. The second-order valence-electron chi connectivity index (χ2n) is 7.29. The first-order valence-corrected chi connectivity index (χ1v) is 11.0. The number of hydrogen-bond acceptors (Lipinski definition) is 3. The molecule has 4 rings (SSSR count). The van der Waals surface area contributed by atoms with Gasteiger partial charge in [-0.15, -0.1) is 0 Å². The highest BCUT2D eigenvalue weighted by Gasteiger charge is 2.19. The van der Waals surface area contributed by atoms with Crippen LogP contribution in [-0.2, 0) is 0 Å². The number of benzene rings is 2. The number of rotatable bonds is 9. The highest BCUT2D eigenvalue weighted by molar-refractivity contribution is 7.99. The smallest absolute Gasteiger partial charge is 0.188 e. The zero-order chi connectivity index (χ0) is 18.3. The first kappa shape index (κ1) is 18.2. The Morgan fingerprint density at radius 1 is 0.815 bits per heavy atom. The van der Waals surface area contributed by atoms with Crippen molar-refractivity contribution in [3.8, 4) is 22.4 Å². The normalized spacial score (nSPS) is 13.6. The zero-order valence-corrected chi connectivity index (χ0v) is 16.5. The Morgan fingerprint density at radius 2 is 1.52 bits per heavy atom. The quantitative estimate of drug-likeness (QED) is 0.232. The van der Waals surface area contributed by atoms with Crippen LogP contribution in [0.2, 0.25) is 0 Å². The van der Waals surface area contributed by atoms with Crippen molar-refractivity contribution in [1.82, 2.24) is 9.97 Å². The Kier molecular flexibility index (Phi) is 6.21. The van der Waals surface area contributed by atoms with Gasteiger partial charge in [0.05, 0.1) is 5.69 Å². The second-order valence-corrected chi connectivity index (χ2v) is 8.35. The monoisotopic (exact) mass is 374 g/mol. The molecule has 3 heteroatoms. The summed E-state index contributed by atoms with van der Waals surface area (Å²) in [6, 6.07) is 20.8. The van der Waals surface area contributed by atoms with Crippen LogP contribution in [0.4, 0.5) is 0 Å². The topological polar surface area (TPSA) is 25.8 Å². The van der Waals surface area contributed by atoms with Gasteiger partial charge in [0.15, 0.2) is 5.16 Å². The average molecular weight is 375 g/mol. The molecule has 3 aromatic rings. The standard InChI is InChI=1S/C24H26N2S/c1-5-11-20(12-6-1)22-18-25-24(26-23(22)21-13-7-2-8-14-21)27-17-9-3-4-10-19-15-16-19/h1-2,5-8,11-14,18-19H,3-4,9-10,15-17H2. The van der Waals surface area contributed by atoms with Crippen LogP contribution in [0.1, 0.15) is 38.5 Å². The van der Waals surface area contributed by atoms with Crippen molar-refractivity contribution in [1.29, 1.82) is 0 Å². The molecule has 0 N–H and O–H groups in total. The predicted octanol–water partition coefficient (Wildman–Crippen LogP) is 6.87. The summed E-state index contributed by atoms with van der Waals surface area (Å²) in [5, 5.41) is 0.885. The summed E-state index contributed by atoms with van der Waals surface area (Å²) >= 11 is 1.79. The minimum Gasteiger partial charge on any atom is -0.230 e. The van der Waals surface area contributed by atoms with Gasteiger partial charge in [-0.25, -0.2) is 9.97 Å². The van der Waals surface area contributed by atoms with Crippen molar-refractivity contribution < 1.29 is 0 Å². The van der Waals surface area contributed by atoms with Gasteiger partial charge in [0.25, 0.3) is 0 Å². The Balaban J connectivity index is 1.47. The van der Waals surface area contributed by atoms with Crippen molar-refractivity contribution in [2.45, 2.75) is 43.7 Å². The second kappa shape index (κ2) is 9.18. The average Bonchev–Trinajstić information content (AvgIpc) is 3.56. The lowest BCUT2D eigenvalue weighted by atomic mass is 10.0. The van der Waals surface area contributed by atoms with Crippen molar-refractivity contribution >= 4 is 11.8 Å². The minimum atomic E-state index is 0.885. The molecule has 0 atom stereocenters. The van der Waals surface area contributed by atoms with Crippen LogP contribution in [-0.4, -0.2) is 15.7 Å². The summed E-state index contributed by atoms with van der Waals surface area (Å²) in [5.74, 6) is 2.16. The fraction of sp³-hybridized carbons (Fsp3) is 0.333. The summed E-state index contributed by atoms with van der Waals surface area (Å²) in [7, 11) is 0. The maximum atomic E-state index is 4.93. The Morgan fingerprint density at radius 3 is 2.22 bits per heavy atom. The molecule has 138 valence electrons. The van der Waals surface area contributed by atoms with Crippen LogP contribution >= 0.6 is 11.8 Å². The molecule has 2 aromatic carbocycles. The van der Waals surface area contributed by atoms with Gasteiger partial charge in [0.2, 0.25) is 0 Å². The fourth-order valence-electron chi connectivity index (χ4n) is 3.36. The van der Waals surface area contributed by atoms with Crippen LogP contribution < -0.4 is 0 Å². The first-order valence-electron chi connectivity index (χ1n) is 10.0. The van der Waals surface area contributed by atoms with E-state index in [2.05, 4.69) is 53.5 Å². The molecule has 1 heterocycles. The van der Waals surface area contributed by atoms with E-state index in [-0.39, 0.29) is 0 Å². The molecule has 0 radical (unpaired) electrons. The third-order valence-electron chi connectivity index (χ3n) is 5.08. The lowest BCUT2D eigenvalue weighted by Crippen LogP contribution is -1.95. The van der Waals surface area contributed by atoms with Crippen LogP contribution in [0.3, 0.4) is 0 Å². The summed E-state index contributed by atoms with van der Waals surface area (Å²) < 4.78 is 0. The Hall–Kier alpha value is -2.13. The van der Waals surface area contributed by atoms with Gasteiger partial charge in [-0.1, -0.05) is 105 Å². The maximum Gasteiger partial charge on any atom is 0.188 e. The van der Waals surface area contributed by atoms with E-state index < -0.39 is 0 Å². The molecule has 1 aliphatic carbocycles. The van der Waals surface area contributed by atoms with Crippen molar-refractivity contribution in [2.24, 2.45) is 5.92 Å². The number of unbranched alkanes of at least 4 members (excludes halogenated alkanes) is 2. The lowest BCUT2D eigenvalue weighted by molar-refractivity contribution is 0.623. The van der Waals surface area contributed by atoms with Gasteiger partial charge in [-0.05, 0) is 17.9 Å². The molecule has 1 saturated carbocycles. The van der Waals surface area contributed by atoms with Crippen LogP contribution in [0.15, 0.2) is 72.0 Å². The summed E-state index contributed by atoms with van der Waals surface area (Å²) in [5.41, 5.74) is 4.42. The van der Waals surface area contributed by atoms with E-state index in [9.17, 15) is 0 Å². The number of thioether (sulfide) groups is 1. The van der Waals surface area contributed by atoms with Gasteiger partial charge in [0, 0.05) is 23.1 Å². The van der Waals surface area contributed by atoms with Crippen molar-refractivity contribution in [3.05, 3.63) is 66.9 Å². The molecule has 1 fully saturated rings. The molecule has 0 spiro atoms. The van der Waals surface area contributed by atoms with E-state index in [0.29, 0.717) is 0 Å². The molecule has 1 aromatic heterocycles. The largest absolute Gasteiger partial charge is 0.230 e. The SMILES string of the molecule is c1ccc(-c2cnc(SCCCCCC3CC3)nc2-c2ccccc2)cc1. The van der Waals surface area contributed by atoms with E-state index in [0.717, 1.165) is 39.2 Å². The van der Waals surface area contributed by atoms with E-state index in [1.54, 1.807) is 11.8 Å².